The topological polar surface area (TPSA) is 29.5 Å². The van der Waals surface area contributed by atoms with Gasteiger partial charge in [-0.05, 0) is 48.8 Å². The monoisotopic (exact) mass is 302 g/mol. The van der Waals surface area contributed by atoms with Crippen LogP contribution in [-0.4, -0.2) is 11.7 Å². The lowest BCUT2D eigenvalue weighted by Crippen LogP contribution is -2.16. The summed E-state index contributed by atoms with van der Waals surface area (Å²) in [6.45, 7) is 2.79. The summed E-state index contributed by atoms with van der Waals surface area (Å²) >= 11 is 1.82. The van der Waals surface area contributed by atoms with Crippen LogP contribution in [0.25, 0.3) is 0 Å². The summed E-state index contributed by atoms with van der Waals surface area (Å²) in [7, 11) is 0. The Kier molecular flexibility index (Phi) is 4.61. The van der Waals surface area contributed by atoms with Crippen molar-refractivity contribution in [3.8, 4) is 5.75 Å². The van der Waals surface area contributed by atoms with Crippen molar-refractivity contribution in [1.82, 2.24) is 0 Å². The normalized spacial score (nSPS) is 19.0. The smallest absolute Gasteiger partial charge is 0.125 e. The number of benzene rings is 1. The fourth-order valence-electron chi connectivity index (χ4n) is 3.14. The van der Waals surface area contributed by atoms with Crippen molar-refractivity contribution in [3.63, 3.8) is 0 Å². The summed E-state index contributed by atoms with van der Waals surface area (Å²) in [6.07, 6.45) is 3.86. The predicted octanol–water partition coefficient (Wildman–Crippen LogP) is 4.69. The Morgan fingerprint density at radius 3 is 3.05 bits per heavy atom. The first-order valence-corrected chi connectivity index (χ1v) is 8.65. The minimum absolute atomic E-state index is 0.200. The number of thiophene rings is 1. The third kappa shape index (κ3) is 2.99. The molecule has 1 aromatic carbocycles. The summed E-state index contributed by atoms with van der Waals surface area (Å²) in [6, 6.07) is 10.1. The van der Waals surface area contributed by atoms with Crippen LogP contribution in [0.5, 0.6) is 5.75 Å². The Morgan fingerprint density at radius 1 is 1.33 bits per heavy atom. The van der Waals surface area contributed by atoms with Crippen LogP contribution in [0, 0.1) is 0 Å². The lowest BCUT2D eigenvalue weighted by molar-refractivity contribution is 0.131. The molecule has 0 aliphatic heterocycles. The van der Waals surface area contributed by atoms with Crippen molar-refractivity contribution in [2.45, 2.75) is 44.6 Å². The highest BCUT2D eigenvalue weighted by Gasteiger charge is 2.29. The highest BCUT2D eigenvalue weighted by Crippen LogP contribution is 2.44. The lowest BCUT2D eigenvalue weighted by Gasteiger charge is -2.28. The van der Waals surface area contributed by atoms with Gasteiger partial charge < -0.3 is 9.84 Å². The zero-order valence-corrected chi connectivity index (χ0v) is 13.2. The fourth-order valence-corrected chi connectivity index (χ4v) is 4.13. The molecule has 0 spiro atoms. The first-order valence-electron chi connectivity index (χ1n) is 7.77. The molecule has 1 heterocycles. The number of hydrogen-bond acceptors (Lipinski definition) is 3. The summed E-state index contributed by atoms with van der Waals surface area (Å²) in [5.74, 6) is 1.03. The molecule has 0 bridgehead atoms. The molecule has 0 saturated heterocycles. The maximum Gasteiger partial charge on any atom is 0.125 e. The van der Waals surface area contributed by atoms with E-state index in [4.69, 9.17) is 4.74 Å². The molecule has 2 aromatic rings. The van der Waals surface area contributed by atoms with Gasteiger partial charge in [-0.2, -0.15) is 0 Å². The first kappa shape index (κ1) is 14.6. The molecule has 3 heteroatoms. The first-order chi connectivity index (χ1) is 10.3. The van der Waals surface area contributed by atoms with Crippen molar-refractivity contribution in [3.05, 3.63) is 51.7 Å². The Bertz CT molecular complexity index is 590. The third-order valence-electron chi connectivity index (χ3n) is 4.18. The summed E-state index contributed by atoms with van der Waals surface area (Å²) in [4.78, 5) is 1.44. The van der Waals surface area contributed by atoms with E-state index in [1.165, 1.54) is 10.4 Å². The molecule has 21 heavy (non-hydrogen) atoms. The predicted molar refractivity (Wildman–Crippen MR) is 87.2 cm³/mol. The quantitative estimate of drug-likeness (QED) is 0.868. The van der Waals surface area contributed by atoms with Gasteiger partial charge in [0.05, 0.1) is 12.7 Å². The Morgan fingerprint density at radius 2 is 2.19 bits per heavy atom. The highest BCUT2D eigenvalue weighted by molar-refractivity contribution is 7.10. The number of fused-ring (bicyclic) bond motifs is 1. The number of ether oxygens (including phenoxy) is 1. The van der Waals surface area contributed by atoms with Crippen molar-refractivity contribution in [1.29, 1.82) is 0 Å². The Labute approximate surface area is 130 Å². The largest absolute Gasteiger partial charge is 0.493 e. The molecule has 0 fully saturated rings. The maximum absolute atomic E-state index is 10.9. The van der Waals surface area contributed by atoms with Crippen LogP contribution in [0.1, 0.15) is 54.2 Å². The average Bonchev–Trinajstić information content (AvgIpc) is 3.01. The second-order valence-electron chi connectivity index (χ2n) is 5.63. The molecule has 2 unspecified atom stereocenters. The molecule has 2 atom stereocenters. The molecule has 0 amide bonds. The number of aliphatic hydroxyl groups is 1. The molecule has 1 N–H and O–H groups in total. The standard InChI is InChI=1S/C18H22O2S/c1-2-11-20-16-8-4-3-6-15(16)18(19)14-7-5-9-17-13(14)10-12-21-17/h3-4,6,8,10,12,14,18-19H,2,5,7,9,11H2,1H3. The van der Waals surface area contributed by atoms with Gasteiger partial charge in [0, 0.05) is 16.4 Å². The van der Waals surface area contributed by atoms with Crippen molar-refractivity contribution in [2.75, 3.05) is 6.61 Å². The van der Waals surface area contributed by atoms with Crippen LogP contribution in [0.2, 0.25) is 0 Å². The number of aliphatic hydroxyl groups excluding tert-OH is 1. The Balaban J connectivity index is 1.88. The van der Waals surface area contributed by atoms with Crippen LogP contribution in [0.3, 0.4) is 0 Å². The van der Waals surface area contributed by atoms with Crippen LogP contribution >= 0.6 is 11.3 Å². The molecule has 1 aliphatic rings. The molecule has 1 aliphatic carbocycles. The molecular weight excluding hydrogens is 280 g/mol. The van der Waals surface area contributed by atoms with E-state index < -0.39 is 6.10 Å². The van der Waals surface area contributed by atoms with E-state index in [9.17, 15) is 5.11 Å². The van der Waals surface area contributed by atoms with E-state index in [2.05, 4.69) is 18.4 Å². The fraction of sp³-hybridized carbons (Fsp3) is 0.444. The van der Waals surface area contributed by atoms with E-state index in [1.54, 1.807) is 0 Å². The number of hydrogen-bond donors (Lipinski definition) is 1. The van der Waals surface area contributed by atoms with E-state index in [-0.39, 0.29) is 5.92 Å². The van der Waals surface area contributed by atoms with Crippen LogP contribution < -0.4 is 4.74 Å². The van der Waals surface area contributed by atoms with E-state index in [0.717, 1.165) is 37.0 Å². The van der Waals surface area contributed by atoms with Gasteiger partial charge in [-0.25, -0.2) is 0 Å². The van der Waals surface area contributed by atoms with Gasteiger partial charge in [-0.15, -0.1) is 11.3 Å². The van der Waals surface area contributed by atoms with Crippen LogP contribution in [0.4, 0.5) is 0 Å². The zero-order chi connectivity index (χ0) is 14.7. The average molecular weight is 302 g/mol. The van der Waals surface area contributed by atoms with Gasteiger partial charge in [0.15, 0.2) is 0 Å². The summed E-state index contributed by atoms with van der Waals surface area (Å²) < 4.78 is 5.81. The van der Waals surface area contributed by atoms with Crippen LogP contribution in [-0.2, 0) is 6.42 Å². The second-order valence-corrected chi connectivity index (χ2v) is 6.63. The molecule has 3 rings (SSSR count). The minimum atomic E-state index is -0.480. The molecule has 0 saturated carbocycles. The molecule has 1 aromatic heterocycles. The zero-order valence-electron chi connectivity index (χ0n) is 12.4. The minimum Gasteiger partial charge on any atom is -0.493 e. The summed E-state index contributed by atoms with van der Waals surface area (Å²) in [5.41, 5.74) is 2.26. The third-order valence-corrected chi connectivity index (χ3v) is 5.18. The highest BCUT2D eigenvalue weighted by atomic mass is 32.1. The van der Waals surface area contributed by atoms with Gasteiger partial charge >= 0.3 is 0 Å². The lowest BCUT2D eigenvalue weighted by atomic mass is 9.81. The number of para-hydroxylation sites is 1. The maximum atomic E-state index is 10.9. The van der Waals surface area contributed by atoms with Crippen LogP contribution in [0.15, 0.2) is 35.7 Å². The SMILES string of the molecule is CCCOc1ccccc1C(O)C1CCCc2sccc21. The van der Waals surface area contributed by atoms with Gasteiger partial charge in [-0.1, -0.05) is 25.1 Å². The van der Waals surface area contributed by atoms with E-state index in [1.807, 2.05) is 35.6 Å². The van der Waals surface area contributed by atoms with Gasteiger partial charge in [0.25, 0.3) is 0 Å². The molecular formula is C18H22O2S. The van der Waals surface area contributed by atoms with Gasteiger partial charge in [0.1, 0.15) is 5.75 Å². The van der Waals surface area contributed by atoms with Crippen molar-refractivity contribution < 1.29 is 9.84 Å². The van der Waals surface area contributed by atoms with Crippen molar-refractivity contribution in [2.24, 2.45) is 0 Å². The van der Waals surface area contributed by atoms with Gasteiger partial charge in [0.2, 0.25) is 0 Å². The summed E-state index contributed by atoms with van der Waals surface area (Å²) in [5, 5.41) is 13.1. The molecule has 0 radical (unpaired) electrons. The number of aryl methyl sites for hydroxylation is 1. The number of rotatable bonds is 5. The van der Waals surface area contributed by atoms with Crippen molar-refractivity contribution >= 4 is 11.3 Å². The molecule has 2 nitrogen and oxygen atoms in total. The van der Waals surface area contributed by atoms with E-state index in [0.29, 0.717) is 6.61 Å². The Hall–Kier alpha value is -1.32. The van der Waals surface area contributed by atoms with Gasteiger partial charge in [-0.3, -0.25) is 0 Å². The second kappa shape index (κ2) is 6.63. The molecule has 112 valence electrons. The van der Waals surface area contributed by atoms with E-state index >= 15 is 0 Å².